The van der Waals surface area contributed by atoms with E-state index in [1.165, 1.54) is 19.3 Å². The van der Waals surface area contributed by atoms with Gasteiger partial charge in [0.15, 0.2) is 0 Å². The fourth-order valence-electron chi connectivity index (χ4n) is 3.73. The van der Waals surface area contributed by atoms with E-state index in [-0.39, 0.29) is 0 Å². The van der Waals surface area contributed by atoms with E-state index in [1.807, 2.05) is 0 Å². The molecule has 2 bridgehead atoms. The van der Waals surface area contributed by atoms with Crippen molar-refractivity contribution in [3.63, 3.8) is 0 Å². The topological polar surface area (TPSA) is 0 Å². The average molecular weight is 148 g/mol. The molecule has 0 N–H and O–H groups in total. The number of allylic oxidation sites excluding steroid dienone is 2. The van der Waals surface area contributed by atoms with Crippen molar-refractivity contribution in [3.8, 4) is 0 Å². The summed E-state index contributed by atoms with van der Waals surface area (Å²) in [4.78, 5) is 0. The third-order valence-corrected chi connectivity index (χ3v) is 4.18. The second-order valence-corrected chi connectivity index (χ2v) is 4.58. The van der Waals surface area contributed by atoms with Crippen molar-refractivity contribution in [1.82, 2.24) is 0 Å². The van der Waals surface area contributed by atoms with Gasteiger partial charge in [-0.1, -0.05) is 12.2 Å². The molecule has 2 saturated carbocycles. The maximum Gasteiger partial charge on any atom is -0.0174 e. The van der Waals surface area contributed by atoms with E-state index in [0.29, 0.717) is 0 Å². The van der Waals surface area contributed by atoms with Gasteiger partial charge in [-0.2, -0.15) is 0 Å². The van der Waals surface area contributed by atoms with Crippen LogP contribution in [0.15, 0.2) is 12.2 Å². The van der Waals surface area contributed by atoms with Crippen molar-refractivity contribution >= 4 is 0 Å². The van der Waals surface area contributed by atoms with Crippen LogP contribution in [0.25, 0.3) is 0 Å². The first-order chi connectivity index (χ1) is 5.45. The van der Waals surface area contributed by atoms with Gasteiger partial charge in [0.2, 0.25) is 0 Å². The molecule has 0 aliphatic heterocycles. The lowest BCUT2D eigenvalue weighted by atomic mass is 9.74. The van der Waals surface area contributed by atoms with Gasteiger partial charge in [0, 0.05) is 0 Å². The van der Waals surface area contributed by atoms with Gasteiger partial charge >= 0.3 is 0 Å². The molecular formula is C11H16. The first-order valence-electron chi connectivity index (χ1n) is 5.12. The molecular weight excluding hydrogens is 132 g/mol. The molecule has 0 radical (unpaired) electrons. The molecule has 60 valence electrons. The van der Waals surface area contributed by atoms with Crippen LogP contribution in [-0.2, 0) is 0 Å². The summed E-state index contributed by atoms with van der Waals surface area (Å²) in [6.07, 6.45) is 12.5. The van der Waals surface area contributed by atoms with Crippen LogP contribution >= 0.6 is 0 Å². The van der Waals surface area contributed by atoms with Gasteiger partial charge in [-0.25, -0.2) is 0 Å². The third kappa shape index (κ3) is 0.758. The Hall–Kier alpha value is -0.260. The lowest BCUT2D eigenvalue weighted by Gasteiger charge is -2.31. The molecule has 0 aromatic heterocycles. The van der Waals surface area contributed by atoms with Crippen LogP contribution in [-0.4, -0.2) is 0 Å². The molecule has 0 aromatic rings. The second-order valence-electron chi connectivity index (χ2n) is 4.58. The lowest BCUT2D eigenvalue weighted by molar-refractivity contribution is 0.242. The Morgan fingerprint density at radius 3 is 2.82 bits per heavy atom. The number of hydrogen-bond acceptors (Lipinski definition) is 0. The molecule has 4 unspecified atom stereocenters. The lowest BCUT2D eigenvalue weighted by Crippen LogP contribution is -2.22. The van der Waals surface area contributed by atoms with E-state index < -0.39 is 0 Å². The minimum Gasteiger partial charge on any atom is -0.0882 e. The highest BCUT2D eigenvalue weighted by Gasteiger charge is 2.46. The highest BCUT2D eigenvalue weighted by Crippen LogP contribution is 2.55. The maximum absolute atomic E-state index is 2.53. The van der Waals surface area contributed by atoms with E-state index in [1.54, 1.807) is 12.8 Å². The fourth-order valence-corrected chi connectivity index (χ4v) is 3.73. The zero-order valence-corrected chi connectivity index (χ0v) is 7.00. The maximum atomic E-state index is 2.53. The van der Waals surface area contributed by atoms with E-state index in [0.717, 1.165) is 23.7 Å². The Labute approximate surface area is 68.7 Å². The van der Waals surface area contributed by atoms with Gasteiger partial charge in [-0.3, -0.25) is 0 Å². The summed E-state index contributed by atoms with van der Waals surface area (Å²) in [5.41, 5.74) is 0. The highest BCUT2D eigenvalue weighted by atomic mass is 14.5. The standard InChI is InChI=1S/C11H16/c1-2-4-11-9-6-5-8(7-9)10(11)3-1/h1,3,8-11H,2,4-7H2. The molecule has 0 heterocycles. The molecule has 0 spiro atoms. The predicted molar refractivity (Wildman–Crippen MR) is 46.2 cm³/mol. The van der Waals surface area contributed by atoms with Crippen molar-refractivity contribution in [1.29, 1.82) is 0 Å². The van der Waals surface area contributed by atoms with Gasteiger partial charge in [0.1, 0.15) is 0 Å². The Balaban J connectivity index is 1.93. The molecule has 0 heteroatoms. The van der Waals surface area contributed by atoms with Crippen LogP contribution in [0.3, 0.4) is 0 Å². The second kappa shape index (κ2) is 2.12. The Morgan fingerprint density at radius 2 is 1.91 bits per heavy atom. The van der Waals surface area contributed by atoms with Gasteiger partial charge in [0.25, 0.3) is 0 Å². The van der Waals surface area contributed by atoms with Crippen LogP contribution in [0.4, 0.5) is 0 Å². The minimum absolute atomic E-state index is 1.02. The predicted octanol–water partition coefficient (Wildman–Crippen LogP) is 3.00. The zero-order chi connectivity index (χ0) is 7.26. The third-order valence-electron chi connectivity index (χ3n) is 4.18. The summed E-state index contributed by atoms with van der Waals surface area (Å²) in [5.74, 6) is 4.36. The Kier molecular flexibility index (Phi) is 1.21. The van der Waals surface area contributed by atoms with Crippen molar-refractivity contribution in [2.75, 3.05) is 0 Å². The number of fused-ring (bicyclic) bond motifs is 5. The molecule has 4 atom stereocenters. The number of rotatable bonds is 0. The molecule has 0 aromatic carbocycles. The van der Waals surface area contributed by atoms with E-state index in [2.05, 4.69) is 12.2 Å². The van der Waals surface area contributed by atoms with E-state index >= 15 is 0 Å². The molecule has 3 aliphatic rings. The van der Waals surface area contributed by atoms with Gasteiger partial charge < -0.3 is 0 Å². The summed E-state index contributed by atoms with van der Waals surface area (Å²) >= 11 is 0. The minimum atomic E-state index is 1.02. The molecule has 3 rings (SSSR count). The molecule has 0 nitrogen and oxygen atoms in total. The summed E-state index contributed by atoms with van der Waals surface area (Å²) in [6.45, 7) is 0. The summed E-state index contributed by atoms with van der Waals surface area (Å²) in [6, 6.07) is 0. The summed E-state index contributed by atoms with van der Waals surface area (Å²) in [7, 11) is 0. The quantitative estimate of drug-likeness (QED) is 0.463. The van der Waals surface area contributed by atoms with Crippen molar-refractivity contribution in [2.45, 2.75) is 32.1 Å². The van der Waals surface area contributed by atoms with E-state index in [4.69, 9.17) is 0 Å². The van der Waals surface area contributed by atoms with Crippen molar-refractivity contribution in [3.05, 3.63) is 12.2 Å². The smallest absolute Gasteiger partial charge is 0.0174 e. The average Bonchev–Trinajstić information content (AvgIpc) is 2.64. The van der Waals surface area contributed by atoms with Crippen LogP contribution in [0.2, 0.25) is 0 Å². The van der Waals surface area contributed by atoms with Gasteiger partial charge in [-0.15, -0.1) is 0 Å². The van der Waals surface area contributed by atoms with Crippen molar-refractivity contribution in [2.24, 2.45) is 23.7 Å². The summed E-state index contributed by atoms with van der Waals surface area (Å²) in [5, 5.41) is 0. The molecule has 3 aliphatic carbocycles. The molecule has 2 fully saturated rings. The first kappa shape index (κ1) is 6.28. The van der Waals surface area contributed by atoms with Gasteiger partial charge in [-0.05, 0) is 55.8 Å². The zero-order valence-electron chi connectivity index (χ0n) is 7.00. The monoisotopic (exact) mass is 148 g/mol. The summed E-state index contributed by atoms with van der Waals surface area (Å²) < 4.78 is 0. The molecule has 11 heavy (non-hydrogen) atoms. The largest absolute Gasteiger partial charge is 0.0882 e. The SMILES string of the molecule is C1=CC2C3CCC(C3)C2CC1. The first-order valence-corrected chi connectivity index (χ1v) is 5.12. The van der Waals surface area contributed by atoms with Crippen LogP contribution in [0.1, 0.15) is 32.1 Å². The van der Waals surface area contributed by atoms with Gasteiger partial charge in [0.05, 0.1) is 0 Å². The van der Waals surface area contributed by atoms with Crippen molar-refractivity contribution < 1.29 is 0 Å². The Morgan fingerprint density at radius 1 is 1.00 bits per heavy atom. The normalized spacial score (nSPS) is 53.1. The molecule has 0 amide bonds. The van der Waals surface area contributed by atoms with E-state index in [9.17, 15) is 0 Å². The van der Waals surface area contributed by atoms with Crippen LogP contribution < -0.4 is 0 Å². The highest BCUT2D eigenvalue weighted by molar-refractivity contribution is 5.08. The van der Waals surface area contributed by atoms with Crippen LogP contribution in [0, 0.1) is 23.7 Å². The Bertz CT molecular complexity index is 192. The number of hydrogen-bond donors (Lipinski definition) is 0. The molecule has 0 saturated heterocycles. The van der Waals surface area contributed by atoms with Crippen LogP contribution in [0.5, 0.6) is 0 Å². The fraction of sp³-hybridized carbons (Fsp3) is 0.818.